The van der Waals surface area contributed by atoms with Crippen LogP contribution in [-0.2, 0) is 0 Å². The summed E-state index contributed by atoms with van der Waals surface area (Å²) in [5.74, 6) is 1.65. The molecule has 150 valence electrons. The Morgan fingerprint density at radius 2 is 1.60 bits per heavy atom. The van der Waals surface area contributed by atoms with Gasteiger partial charge in [-0.25, -0.2) is 4.98 Å². The molecule has 4 nitrogen and oxygen atoms in total. The van der Waals surface area contributed by atoms with Crippen LogP contribution < -0.4 is 4.74 Å². The first kappa shape index (κ1) is 19.6. The standard InChI is InChI=1S/C26H25N3O/c1-4-26(2,3)18-30-22-13-10-20(11-14-22)23-15-12-21(16-27-23)25-28-17-24(29-25)19-8-6-5-7-9-19/h4-17H,1,18H2,2-3H3,(H,28,29). The van der Waals surface area contributed by atoms with Crippen molar-refractivity contribution in [2.75, 3.05) is 6.61 Å². The van der Waals surface area contributed by atoms with Gasteiger partial charge in [-0.3, -0.25) is 4.98 Å². The molecule has 30 heavy (non-hydrogen) atoms. The quantitative estimate of drug-likeness (QED) is 0.369. The maximum atomic E-state index is 5.86. The number of hydrogen-bond acceptors (Lipinski definition) is 3. The van der Waals surface area contributed by atoms with Crippen LogP contribution in [0.5, 0.6) is 5.75 Å². The number of hydrogen-bond donors (Lipinski definition) is 1. The van der Waals surface area contributed by atoms with Crippen molar-refractivity contribution in [1.82, 2.24) is 15.0 Å². The van der Waals surface area contributed by atoms with Crippen molar-refractivity contribution in [2.24, 2.45) is 5.41 Å². The van der Waals surface area contributed by atoms with Crippen LogP contribution in [-0.4, -0.2) is 21.6 Å². The van der Waals surface area contributed by atoms with Crippen molar-refractivity contribution in [3.8, 4) is 39.7 Å². The second-order valence-electron chi connectivity index (χ2n) is 7.95. The number of pyridine rings is 1. The van der Waals surface area contributed by atoms with E-state index >= 15 is 0 Å². The Balaban J connectivity index is 1.46. The second-order valence-corrected chi connectivity index (χ2v) is 7.95. The molecule has 0 radical (unpaired) electrons. The van der Waals surface area contributed by atoms with Crippen LogP contribution in [0.15, 0.2) is 91.8 Å². The van der Waals surface area contributed by atoms with Gasteiger partial charge in [-0.05, 0) is 42.0 Å². The van der Waals surface area contributed by atoms with E-state index in [2.05, 4.69) is 47.5 Å². The zero-order chi connectivity index (χ0) is 21.0. The molecule has 4 aromatic rings. The van der Waals surface area contributed by atoms with Crippen LogP contribution >= 0.6 is 0 Å². The smallest absolute Gasteiger partial charge is 0.139 e. The molecule has 1 N–H and O–H groups in total. The highest BCUT2D eigenvalue weighted by Crippen LogP contribution is 2.26. The van der Waals surface area contributed by atoms with Gasteiger partial charge >= 0.3 is 0 Å². The van der Waals surface area contributed by atoms with Gasteiger partial charge in [0.15, 0.2) is 0 Å². The Hall–Kier alpha value is -3.66. The van der Waals surface area contributed by atoms with Crippen molar-refractivity contribution >= 4 is 0 Å². The molecular formula is C26H25N3O. The highest BCUT2D eigenvalue weighted by atomic mass is 16.5. The fourth-order valence-electron chi connectivity index (χ4n) is 2.99. The molecule has 0 aliphatic rings. The number of ether oxygens (including phenoxy) is 1. The van der Waals surface area contributed by atoms with Crippen LogP contribution in [0.2, 0.25) is 0 Å². The lowest BCUT2D eigenvalue weighted by Crippen LogP contribution is -2.18. The van der Waals surface area contributed by atoms with Gasteiger partial charge in [0.05, 0.1) is 24.2 Å². The Morgan fingerprint density at radius 3 is 2.27 bits per heavy atom. The molecule has 0 saturated carbocycles. The third kappa shape index (κ3) is 4.49. The molecule has 2 aromatic carbocycles. The summed E-state index contributed by atoms with van der Waals surface area (Å²) in [6, 6.07) is 22.2. The first-order valence-corrected chi connectivity index (χ1v) is 9.98. The summed E-state index contributed by atoms with van der Waals surface area (Å²) in [6.45, 7) is 8.64. The topological polar surface area (TPSA) is 50.8 Å². The van der Waals surface area contributed by atoms with Crippen LogP contribution in [0, 0.1) is 5.41 Å². The third-order valence-electron chi connectivity index (χ3n) is 5.01. The summed E-state index contributed by atoms with van der Waals surface area (Å²) < 4.78 is 5.86. The first-order valence-electron chi connectivity index (χ1n) is 9.98. The third-order valence-corrected chi connectivity index (χ3v) is 5.01. The van der Waals surface area contributed by atoms with Crippen molar-refractivity contribution < 1.29 is 4.74 Å². The number of H-pyrrole nitrogens is 1. The number of imidazole rings is 1. The number of aromatic amines is 1. The zero-order valence-corrected chi connectivity index (χ0v) is 17.3. The molecule has 0 amide bonds. The molecule has 4 rings (SSSR count). The number of benzene rings is 2. The Labute approximate surface area is 177 Å². The van der Waals surface area contributed by atoms with Crippen molar-refractivity contribution in [3.63, 3.8) is 0 Å². The van der Waals surface area contributed by atoms with Gasteiger partial charge in [-0.15, -0.1) is 6.58 Å². The minimum atomic E-state index is -0.0533. The average molecular weight is 396 g/mol. The van der Waals surface area contributed by atoms with Crippen LogP contribution in [0.25, 0.3) is 33.9 Å². The molecule has 0 saturated heterocycles. The molecule has 0 spiro atoms. The summed E-state index contributed by atoms with van der Waals surface area (Å²) in [7, 11) is 0. The van der Waals surface area contributed by atoms with Crippen molar-refractivity contribution in [3.05, 3.63) is 91.8 Å². The molecule has 0 aliphatic heterocycles. The summed E-state index contributed by atoms with van der Waals surface area (Å²) in [4.78, 5) is 12.5. The van der Waals surface area contributed by atoms with Gasteiger partial charge in [-0.1, -0.05) is 50.3 Å². The van der Waals surface area contributed by atoms with Gasteiger partial charge in [-0.2, -0.15) is 0 Å². The SMILES string of the molecule is C=CC(C)(C)COc1ccc(-c2ccc(-c3ncc(-c4ccccc4)[nH]3)cn2)cc1. The molecule has 0 aliphatic carbocycles. The van der Waals surface area contributed by atoms with Gasteiger partial charge in [0.25, 0.3) is 0 Å². The van der Waals surface area contributed by atoms with Crippen LogP contribution in [0.1, 0.15) is 13.8 Å². The monoisotopic (exact) mass is 395 g/mol. The molecule has 0 atom stereocenters. The summed E-state index contributed by atoms with van der Waals surface area (Å²) in [5, 5.41) is 0. The Bertz CT molecular complexity index is 1110. The van der Waals surface area contributed by atoms with E-state index in [9.17, 15) is 0 Å². The number of nitrogens with one attached hydrogen (secondary N) is 1. The first-order chi connectivity index (χ1) is 14.5. The number of nitrogens with zero attached hydrogens (tertiary/aromatic N) is 2. The van der Waals surface area contributed by atoms with Gasteiger partial charge in [0.2, 0.25) is 0 Å². The predicted octanol–water partition coefficient (Wildman–Crippen LogP) is 6.40. The van der Waals surface area contributed by atoms with Crippen LogP contribution in [0.3, 0.4) is 0 Å². The average Bonchev–Trinajstić information content (AvgIpc) is 3.29. The van der Waals surface area contributed by atoms with E-state index in [0.717, 1.165) is 39.7 Å². The molecule has 2 heterocycles. The van der Waals surface area contributed by atoms with Gasteiger partial charge in [0.1, 0.15) is 11.6 Å². The molecule has 4 heteroatoms. The summed E-state index contributed by atoms with van der Waals surface area (Å²) in [5.41, 5.74) is 4.95. The normalized spacial score (nSPS) is 11.3. The highest BCUT2D eigenvalue weighted by molar-refractivity contribution is 5.66. The van der Waals surface area contributed by atoms with Gasteiger partial charge < -0.3 is 9.72 Å². The van der Waals surface area contributed by atoms with Gasteiger partial charge in [0, 0.05) is 22.7 Å². The molecule has 0 unspecified atom stereocenters. The Morgan fingerprint density at radius 1 is 0.867 bits per heavy atom. The van der Waals surface area contributed by atoms with E-state index in [4.69, 9.17) is 4.74 Å². The van der Waals surface area contributed by atoms with E-state index < -0.39 is 0 Å². The van der Waals surface area contributed by atoms with Crippen molar-refractivity contribution in [1.29, 1.82) is 0 Å². The lowest BCUT2D eigenvalue weighted by Gasteiger charge is -2.20. The fraction of sp³-hybridized carbons (Fsp3) is 0.154. The van der Waals surface area contributed by atoms with Crippen molar-refractivity contribution in [2.45, 2.75) is 13.8 Å². The largest absolute Gasteiger partial charge is 0.493 e. The highest BCUT2D eigenvalue weighted by Gasteiger charge is 2.14. The number of rotatable bonds is 7. The lowest BCUT2D eigenvalue weighted by atomic mass is 9.95. The zero-order valence-electron chi connectivity index (χ0n) is 17.3. The minimum Gasteiger partial charge on any atom is -0.493 e. The molecule has 0 fully saturated rings. The Kier molecular flexibility index (Phi) is 5.48. The van der Waals surface area contributed by atoms with E-state index in [1.807, 2.05) is 73.1 Å². The maximum Gasteiger partial charge on any atom is 0.139 e. The summed E-state index contributed by atoms with van der Waals surface area (Å²) >= 11 is 0. The lowest BCUT2D eigenvalue weighted by molar-refractivity contribution is 0.222. The van der Waals surface area contributed by atoms with E-state index in [1.54, 1.807) is 0 Å². The minimum absolute atomic E-state index is 0.0533. The second kappa shape index (κ2) is 8.37. The summed E-state index contributed by atoms with van der Waals surface area (Å²) in [6.07, 6.45) is 5.61. The van der Waals surface area contributed by atoms with Crippen LogP contribution in [0.4, 0.5) is 0 Å². The van der Waals surface area contributed by atoms with E-state index in [1.165, 1.54) is 0 Å². The molecule has 0 bridgehead atoms. The molecular weight excluding hydrogens is 370 g/mol. The fourth-order valence-corrected chi connectivity index (χ4v) is 2.99. The maximum absolute atomic E-state index is 5.86. The number of aromatic nitrogens is 3. The van der Waals surface area contributed by atoms with E-state index in [-0.39, 0.29) is 5.41 Å². The van der Waals surface area contributed by atoms with E-state index in [0.29, 0.717) is 6.61 Å². The predicted molar refractivity (Wildman–Crippen MR) is 122 cm³/mol. The molecule has 2 aromatic heterocycles.